The highest BCUT2D eigenvalue weighted by molar-refractivity contribution is 7.92. The molecule has 34 heavy (non-hydrogen) atoms. The molecule has 0 aliphatic carbocycles. The molecule has 2 heterocycles. The van der Waals surface area contributed by atoms with Crippen LogP contribution in [0.25, 0.3) is 29.2 Å². The Morgan fingerprint density at radius 1 is 1.06 bits per heavy atom. The number of sulfonamides is 1. The minimum Gasteiger partial charge on any atom is -0.495 e. The van der Waals surface area contributed by atoms with E-state index in [2.05, 4.69) is 9.71 Å². The second-order valence-electron chi connectivity index (χ2n) is 7.40. The van der Waals surface area contributed by atoms with Gasteiger partial charge in [0.2, 0.25) is 10.0 Å². The van der Waals surface area contributed by atoms with Crippen LogP contribution in [0, 0.1) is 0 Å². The lowest BCUT2D eigenvalue weighted by Gasteiger charge is -2.14. The van der Waals surface area contributed by atoms with E-state index in [1.165, 1.54) is 30.2 Å². The second-order valence-corrected chi connectivity index (χ2v) is 9.15. The minimum atomic E-state index is -3.36. The summed E-state index contributed by atoms with van der Waals surface area (Å²) in [6.07, 6.45) is 7.66. The fraction of sp³-hybridized carbons (Fsp3) is 0.0833. The minimum absolute atomic E-state index is 0.455. The maximum Gasteiger partial charge on any atom is 0.332 e. The van der Waals surface area contributed by atoms with Gasteiger partial charge in [0.15, 0.2) is 0 Å². The number of nitrogens with one attached hydrogen (secondary N) is 2. The van der Waals surface area contributed by atoms with Crippen molar-refractivity contribution in [3.63, 3.8) is 0 Å². The molecule has 10 heteroatoms. The number of aromatic amines is 1. The van der Waals surface area contributed by atoms with Gasteiger partial charge in [-0.1, -0.05) is 24.3 Å². The number of hydrogen-bond donors (Lipinski definition) is 2. The Labute approximate surface area is 195 Å². The van der Waals surface area contributed by atoms with Crippen LogP contribution in [0.4, 0.5) is 5.69 Å². The zero-order valence-corrected chi connectivity index (χ0v) is 19.1. The Balaban J connectivity index is 1.80. The maximum absolute atomic E-state index is 12.4. The van der Waals surface area contributed by atoms with Crippen LogP contribution in [-0.4, -0.2) is 31.3 Å². The van der Waals surface area contributed by atoms with Crippen LogP contribution in [0.15, 0.2) is 81.1 Å². The maximum atomic E-state index is 12.4. The quantitative estimate of drug-likeness (QED) is 0.392. The van der Waals surface area contributed by atoms with Crippen molar-refractivity contribution in [2.24, 2.45) is 0 Å². The van der Waals surface area contributed by atoms with E-state index in [-0.39, 0.29) is 0 Å². The predicted molar refractivity (Wildman–Crippen MR) is 131 cm³/mol. The molecule has 0 bridgehead atoms. The first-order chi connectivity index (χ1) is 16.2. The number of H-pyrrole nitrogens is 1. The zero-order chi connectivity index (χ0) is 24.3. The number of anilines is 1. The molecule has 2 aromatic carbocycles. The first kappa shape index (κ1) is 22.9. The number of methoxy groups -OCH3 is 1. The number of hydrogen-bond acceptors (Lipinski definition) is 6. The Morgan fingerprint density at radius 3 is 2.44 bits per heavy atom. The van der Waals surface area contributed by atoms with Gasteiger partial charge in [0.05, 0.1) is 30.9 Å². The first-order valence-electron chi connectivity index (χ1n) is 10.1. The zero-order valence-electron chi connectivity index (χ0n) is 18.3. The lowest BCUT2D eigenvalue weighted by molar-refractivity contribution is 0.413. The van der Waals surface area contributed by atoms with Crippen molar-refractivity contribution in [2.75, 3.05) is 18.1 Å². The summed E-state index contributed by atoms with van der Waals surface area (Å²) < 4.78 is 37.8. The van der Waals surface area contributed by atoms with Crippen molar-refractivity contribution < 1.29 is 17.6 Å². The topological polar surface area (TPSA) is 123 Å². The van der Waals surface area contributed by atoms with Crippen molar-refractivity contribution >= 4 is 27.9 Å². The van der Waals surface area contributed by atoms with E-state index in [9.17, 15) is 18.0 Å². The van der Waals surface area contributed by atoms with Crippen LogP contribution in [0.3, 0.4) is 0 Å². The van der Waals surface area contributed by atoms with Gasteiger partial charge in [0.1, 0.15) is 11.5 Å². The van der Waals surface area contributed by atoms with E-state index < -0.39 is 21.3 Å². The lowest BCUT2D eigenvalue weighted by Crippen LogP contribution is -2.27. The van der Waals surface area contributed by atoms with Crippen LogP contribution in [0.1, 0.15) is 11.1 Å². The molecule has 2 aromatic heterocycles. The fourth-order valence-electron chi connectivity index (χ4n) is 3.42. The monoisotopic (exact) mass is 479 g/mol. The third-order valence-electron chi connectivity index (χ3n) is 4.86. The molecule has 0 saturated carbocycles. The van der Waals surface area contributed by atoms with Gasteiger partial charge in [-0.25, -0.2) is 13.2 Å². The van der Waals surface area contributed by atoms with Crippen molar-refractivity contribution in [1.29, 1.82) is 0 Å². The first-order valence-corrected chi connectivity index (χ1v) is 12.0. The molecule has 4 aromatic rings. The summed E-state index contributed by atoms with van der Waals surface area (Å²) in [5.74, 6) is 1.07. The van der Waals surface area contributed by atoms with Crippen LogP contribution < -0.4 is 20.7 Å². The van der Waals surface area contributed by atoms with E-state index in [0.717, 1.165) is 11.8 Å². The normalized spacial score (nSPS) is 11.6. The van der Waals surface area contributed by atoms with Gasteiger partial charge in [0, 0.05) is 23.5 Å². The van der Waals surface area contributed by atoms with Gasteiger partial charge < -0.3 is 9.15 Å². The van der Waals surface area contributed by atoms with Crippen LogP contribution >= 0.6 is 0 Å². The van der Waals surface area contributed by atoms with Crippen LogP contribution in [0.2, 0.25) is 0 Å². The molecule has 0 aliphatic heterocycles. The van der Waals surface area contributed by atoms with Crippen molar-refractivity contribution in [2.45, 2.75) is 0 Å². The number of aromatic nitrogens is 2. The fourth-order valence-corrected chi connectivity index (χ4v) is 3.99. The number of benzene rings is 2. The highest BCUT2D eigenvalue weighted by Gasteiger charge is 2.16. The highest BCUT2D eigenvalue weighted by Crippen LogP contribution is 2.36. The van der Waals surface area contributed by atoms with Crippen molar-refractivity contribution in [1.82, 2.24) is 9.55 Å². The Kier molecular flexibility index (Phi) is 6.24. The smallest absolute Gasteiger partial charge is 0.332 e. The molecule has 9 nitrogen and oxygen atoms in total. The third-order valence-corrected chi connectivity index (χ3v) is 5.47. The lowest BCUT2D eigenvalue weighted by atomic mass is 10.0. The summed E-state index contributed by atoms with van der Waals surface area (Å²) >= 11 is 0. The Hall–Kier alpha value is -4.31. The van der Waals surface area contributed by atoms with Crippen molar-refractivity contribution in [3.05, 3.63) is 99.0 Å². The summed E-state index contributed by atoms with van der Waals surface area (Å²) in [4.78, 5) is 26.2. The highest BCUT2D eigenvalue weighted by atomic mass is 32.2. The Bertz CT molecular complexity index is 1560. The standard InChI is InChI=1S/C24H21N3O6S/c1-32-23-17(8-5-16-6-9-18(10-7-16)26-34(2,30)31)14-19(15-20(23)21-4-3-13-33-21)27-12-11-22(28)25-24(27)29/h3-15,26H,1-2H3,(H,25,28,29)/b8-5+. The molecule has 0 aliphatic rings. The van der Waals surface area contributed by atoms with Gasteiger partial charge in [-0.15, -0.1) is 0 Å². The van der Waals surface area contributed by atoms with E-state index in [4.69, 9.17) is 9.15 Å². The average molecular weight is 480 g/mol. The van der Waals surface area contributed by atoms with Crippen LogP contribution in [0.5, 0.6) is 5.75 Å². The van der Waals surface area contributed by atoms with Gasteiger partial charge in [-0.3, -0.25) is 19.1 Å². The summed E-state index contributed by atoms with van der Waals surface area (Å²) in [5, 5.41) is 0. The largest absolute Gasteiger partial charge is 0.495 e. The van der Waals surface area contributed by atoms with Gasteiger partial charge in [0.25, 0.3) is 5.56 Å². The van der Waals surface area contributed by atoms with Gasteiger partial charge >= 0.3 is 5.69 Å². The number of ether oxygens (including phenoxy) is 1. The molecule has 0 spiro atoms. The molecule has 4 rings (SSSR count). The molecule has 174 valence electrons. The number of nitrogens with zero attached hydrogens (tertiary/aromatic N) is 1. The molecule has 0 atom stereocenters. The van der Waals surface area contributed by atoms with Gasteiger partial charge in [-0.2, -0.15) is 0 Å². The summed E-state index contributed by atoms with van der Waals surface area (Å²) in [6, 6.07) is 15.1. The van der Waals surface area contributed by atoms with E-state index in [1.807, 2.05) is 12.2 Å². The molecule has 0 radical (unpaired) electrons. The van der Waals surface area contributed by atoms with Crippen molar-refractivity contribution in [3.8, 4) is 22.8 Å². The number of furan rings is 1. The van der Waals surface area contributed by atoms with Gasteiger partial charge in [-0.05, 0) is 42.0 Å². The molecular formula is C24H21N3O6S. The molecule has 0 saturated heterocycles. The van der Waals surface area contributed by atoms with Crippen LogP contribution in [-0.2, 0) is 10.0 Å². The summed E-state index contributed by atoms with van der Waals surface area (Å²) in [7, 11) is -1.82. The Morgan fingerprint density at radius 2 is 1.82 bits per heavy atom. The molecule has 0 fully saturated rings. The summed E-state index contributed by atoms with van der Waals surface area (Å²) in [6.45, 7) is 0. The SMILES string of the molecule is COc1c(/C=C/c2ccc(NS(C)(=O)=O)cc2)cc(-n2ccc(=O)[nH]c2=O)cc1-c1ccco1. The summed E-state index contributed by atoms with van der Waals surface area (Å²) in [5.41, 5.74) is 1.98. The van der Waals surface area contributed by atoms with E-state index >= 15 is 0 Å². The molecular weight excluding hydrogens is 458 g/mol. The third kappa shape index (κ3) is 5.18. The molecule has 0 unspecified atom stereocenters. The average Bonchev–Trinajstić information content (AvgIpc) is 3.32. The van der Waals surface area contributed by atoms with E-state index in [0.29, 0.717) is 34.0 Å². The van der Waals surface area contributed by atoms with E-state index in [1.54, 1.807) is 48.5 Å². The number of rotatable bonds is 7. The molecule has 0 amide bonds. The second kappa shape index (κ2) is 9.28. The predicted octanol–water partition coefficient (Wildman–Crippen LogP) is 3.34. The molecule has 2 N–H and O–H groups in total.